The molecule has 5 heteroatoms. The van der Waals surface area contributed by atoms with Crippen molar-refractivity contribution >= 4 is 29.7 Å². The highest BCUT2D eigenvalue weighted by Gasteiger charge is 2.35. The number of nitrogens with two attached hydrogens (primary N) is 1. The van der Waals surface area contributed by atoms with Crippen LogP contribution in [0.15, 0.2) is 48.5 Å². The number of ether oxygens (including phenoxy) is 1. The van der Waals surface area contributed by atoms with Crippen molar-refractivity contribution in [1.29, 1.82) is 0 Å². The van der Waals surface area contributed by atoms with Crippen LogP contribution in [0.1, 0.15) is 11.6 Å². The standard InChI is InChI=1S/C15H14N2O2.ClH/c1-19-11-7-8-12-13(9-11)17(15(18)14(12)16)10-5-3-2-4-6-10;/h2-9,14H,16H2,1H3;1H. The molecule has 2 N–H and O–H groups in total. The lowest BCUT2D eigenvalue weighted by Crippen LogP contribution is -2.27. The zero-order chi connectivity index (χ0) is 13.4. The van der Waals surface area contributed by atoms with Crippen molar-refractivity contribution in [2.24, 2.45) is 5.73 Å². The second kappa shape index (κ2) is 5.53. The molecule has 0 spiro atoms. The lowest BCUT2D eigenvalue weighted by atomic mass is 10.1. The van der Waals surface area contributed by atoms with Crippen molar-refractivity contribution < 1.29 is 9.53 Å². The second-order valence-electron chi connectivity index (χ2n) is 4.41. The minimum Gasteiger partial charge on any atom is -0.497 e. The highest BCUT2D eigenvalue weighted by molar-refractivity contribution is 6.10. The summed E-state index contributed by atoms with van der Waals surface area (Å²) in [6, 6.07) is 14.4. The molecule has 1 aliphatic rings. The van der Waals surface area contributed by atoms with E-state index in [1.165, 1.54) is 0 Å². The van der Waals surface area contributed by atoms with E-state index in [2.05, 4.69) is 0 Å². The van der Waals surface area contributed by atoms with E-state index in [4.69, 9.17) is 10.5 Å². The molecule has 1 atom stereocenters. The van der Waals surface area contributed by atoms with Gasteiger partial charge in [-0.3, -0.25) is 9.69 Å². The Hall–Kier alpha value is -2.04. The van der Waals surface area contributed by atoms with Crippen molar-refractivity contribution in [3.05, 3.63) is 54.1 Å². The van der Waals surface area contributed by atoms with Crippen LogP contribution >= 0.6 is 12.4 Å². The van der Waals surface area contributed by atoms with Gasteiger partial charge in [-0.05, 0) is 18.2 Å². The zero-order valence-electron chi connectivity index (χ0n) is 10.9. The van der Waals surface area contributed by atoms with Crippen molar-refractivity contribution in [3.63, 3.8) is 0 Å². The smallest absolute Gasteiger partial charge is 0.253 e. The number of methoxy groups -OCH3 is 1. The summed E-state index contributed by atoms with van der Waals surface area (Å²) in [5.74, 6) is 0.594. The number of nitrogens with zero attached hydrogens (tertiary/aromatic N) is 1. The van der Waals surface area contributed by atoms with Gasteiger partial charge in [-0.1, -0.05) is 24.3 Å². The van der Waals surface area contributed by atoms with Gasteiger partial charge in [-0.25, -0.2) is 0 Å². The molecular weight excluding hydrogens is 276 g/mol. The predicted molar refractivity (Wildman–Crippen MR) is 80.8 cm³/mol. The topological polar surface area (TPSA) is 55.6 Å². The van der Waals surface area contributed by atoms with Gasteiger partial charge < -0.3 is 10.5 Å². The summed E-state index contributed by atoms with van der Waals surface area (Å²) in [5, 5.41) is 0. The second-order valence-corrected chi connectivity index (χ2v) is 4.41. The van der Waals surface area contributed by atoms with Crippen molar-refractivity contribution in [1.82, 2.24) is 0 Å². The number of carbonyl (C=O) groups is 1. The van der Waals surface area contributed by atoms with Gasteiger partial charge in [0.25, 0.3) is 5.91 Å². The summed E-state index contributed by atoms with van der Waals surface area (Å²) in [4.78, 5) is 14.0. The number of rotatable bonds is 2. The molecule has 0 saturated heterocycles. The summed E-state index contributed by atoms with van der Waals surface area (Å²) in [6.45, 7) is 0. The van der Waals surface area contributed by atoms with Crippen LogP contribution in [0.2, 0.25) is 0 Å². The van der Waals surface area contributed by atoms with E-state index in [1.807, 2.05) is 48.5 Å². The van der Waals surface area contributed by atoms with Gasteiger partial charge in [0.2, 0.25) is 0 Å². The fourth-order valence-electron chi connectivity index (χ4n) is 2.34. The molecule has 3 rings (SSSR count). The van der Waals surface area contributed by atoms with Crippen LogP contribution in [-0.2, 0) is 4.79 Å². The third-order valence-electron chi connectivity index (χ3n) is 3.31. The molecule has 104 valence electrons. The van der Waals surface area contributed by atoms with Gasteiger partial charge in [0.05, 0.1) is 12.8 Å². The Morgan fingerprint density at radius 3 is 2.50 bits per heavy atom. The lowest BCUT2D eigenvalue weighted by molar-refractivity contribution is -0.118. The number of halogens is 1. The fourth-order valence-corrected chi connectivity index (χ4v) is 2.34. The molecular formula is C15H15ClN2O2. The lowest BCUT2D eigenvalue weighted by Gasteiger charge is -2.18. The SMILES string of the molecule is COc1ccc2c(c1)N(c1ccccc1)C(=O)C2N.Cl. The van der Waals surface area contributed by atoms with Crippen LogP contribution in [0.5, 0.6) is 5.75 Å². The molecule has 2 aromatic carbocycles. The average Bonchev–Trinajstić information content (AvgIpc) is 2.71. The van der Waals surface area contributed by atoms with Crippen LogP contribution in [0.4, 0.5) is 11.4 Å². The maximum Gasteiger partial charge on any atom is 0.253 e. The van der Waals surface area contributed by atoms with Gasteiger partial charge in [0.1, 0.15) is 11.8 Å². The molecule has 20 heavy (non-hydrogen) atoms. The quantitative estimate of drug-likeness (QED) is 0.925. The number of anilines is 2. The largest absolute Gasteiger partial charge is 0.497 e. The van der Waals surface area contributed by atoms with Crippen molar-refractivity contribution in [3.8, 4) is 5.75 Å². The zero-order valence-corrected chi connectivity index (χ0v) is 11.8. The van der Waals surface area contributed by atoms with Gasteiger partial charge in [0, 0.05) is 17.3 Å². The third kappa shape index (κ3) is 2.13. The molecule has 4 nitrogen and oxygen atoms in total. The highest BCUT2D eigenvalue weighted by Crippen LogP contribution is 2.41. The van der Waals surface area contributed by atoms with Crippen LogP contribution in [0, 0.1) is 0 Å². The normalized spacial score (nSPS) is 16.6. The van der Waals surface area contributed by atoms with E-state index < -0.39 is 6.04 Å². The van der Waals surface area contributed by atoms with Crippen molar-refractivity contribution in [2.45, 2.75) is 6.04 Å². The highest BCUT2D eigenvalue weighted by atomic mass is 35.5. The summed E-state index contributed by atoms with van der Waals surface area (Å²) in [5.41, 5.74) is 8.41. The van der Waals surface area contributed by atoms with Crippen LogP contribution in [0.25, 0.3) is 0 Å². The van der Waals surface area contributed by atoms with E-state index in [0.717, 1.165) is 16.9 Å². The maximum absolute atomic E-state index is 12.3. The Labute approximate surface area is 123 Å². The number of para-hydroxylation sites is 1. The molecule has 0 saturated carbocycles. The molecule has 0 aromatic heterocycles. The Balaban J connectivity index is 0.00000147. The van der Waals surface area contributed by atoms with Crippen LogP contribution < -0.4 is 15.4 Å². The summed E-state index contributed by atoms with van der Waals surface area (Å²) in [6.07, 6.45) is 0. The first-order chi connectivity index (χ1) is 9.22. The predicted octanol–water partition coefficient (Wildman–Crippen LogP) is 2.80. The molecule has 0 fully saturated rings. The first-order valence-corrected chi connectivity index (χ1v) is 6.05. The first kappa shape index (κ1) is 14.4. The number of fused-ring (bicyclic) bond motifs is 1. The summed E-state index contributed by atoms with van der Waals surface area (Å²) < 4.78 is 5.22. The molecule has 0 radical (unpaired) electrons. The van der Waals surface area contributed by atoms with E-state index in [1.54, 1.807) is 12.0 Å². The number of carbonyl (C=O) groups excluding carboxylic acids is 1. The molecule has 2 aromatic rings. The monoisotopic (exact) mass is 290 g/mol. The van der Waals surface area contributed by atoms with Crippen LogP contribution in [0.3, 0.4) is 0 Å². The van der Waals surface area contributed by atoms with E-state index in [-0.39, 0.29) is 18.3 Å². The van der Waals surface area contributed by atoms with Gasteiger partial charge in [-0.15, -0.1) is 12.4 Å². The summed E-state index contributed by atoms with van der Waals surface area (Å²) in [7, 11) is 1.60. The maximum atomic E-state index is 12.3. The van der Waals surface area contributed by atoms with Crippen LogP contribution in [-0.4, -0.2) is 13.0 Å². The van der Waals surface area contributed by atoms with Gasteiger partial charge in [-0.2, -0.15) is 0 Å². The molecule has 0 aliphatic carbocycles. The van der Waals surface area contributed by atoms with E-state index in [0.29, 0.717) is 5.75 Å². The molecule has 0 bridgehead atoms. The Kier molecular flexibility index (Phi) is 3.97. The number of hydrogen-bond donors (Lipinski definition) is 1. The van der Waals surface area contributed by atoms with E-state index in [9.17, 15) is 4.79 Å². The third-order valence-corrected chi connectivity index (χ3v) is 3.31. The number of hydrogen-bond acceptors (Lipinski definition) is 3. The van der Waals surface area contributed by atoms with E-state index >= 15 is 0 Å². The minimum absolute atomic E-state index is 0. The van der Waals surface area contributed by atoms with Gasteiger partial charge in [0.15, 0.2) is 0 Å². The fraction of sp³-hybridized carbons (Fsp3) is 0.133. The average molecular weight is 291 g/mol. The molecule has 1 heterocycles. The molecule has 1 unspecified atom stereocenters. The Bertz CT molecular complexity index is 631. The number of benzene rings is 2. The molecule has 1 aliphatic heterocycles. The minimum atomic E-state index is -0.610. The Morgan fingerprint density at radius 1 is 1.15 bits per heavy atom. The Morgan fingerprint density at radius 2 is 1.85 bits per heavy atom. The van der Waals surface area contributed by atoms with Crippen molar-refractivity contribution in [2.75, 3.05) is 12.0 Å². The first-order valence-electron chi connectivity index (χ1n) is 6.05. The number of amides is 1. The summed E-state index contributed by atoms with van der Waals surface area (Å²) >= 11 is 0. The molecule has 1 amide bonds. The van der Waals surface area contributed by atoms with Gasteiger partial charge >= 0.3 is 0 Å².